The van der Waals surface area contributed by atoms with Gasteiger partial charge in [-0.1, -0.05) is 6.07 Å². The summed E-state index contributed by atoms with van der Waals surface area (Å²) in [6.45, 7) is -3.23. The zero-order valence-corrected chi connectivity index (χ0v) is 14.3. The van der Waals surface area contributed by atoms with E-state index in [1.54, 1.807) is 17.5 Å². The van der Waals surface area contributed by atoms with E-state index in [0.717, 1.165) is 0 Å². The lowest BCUT2D eigenvalue weighted by atomic mass is 10.2. The Labute approximate surface area is 150 Å². The fourth-order valence-corrected chi connectivity index (χ4v) is 2.92. The summed E-state index contributed by atoms with van der Waals surface area (Å²) in [5, 5.41) is 2.36. The molecule has 0 radical (unpaired) electrons. The Morgan fingerprint density at radius 2 is 2.15 bits per heavy atom. The minimum absolute atomic E-state index is 0.00788. The third kappa shape index (κ3) is 3.99. The van der Waals surface area contributed by atoms with Crippen LogP contribution in [0.2, 0.25) is 0 Å². The number of rotatable bonds is 7. The summed E-state index contributed by atoms with van der Waals surface area (Å²) in [5.41, 5.74) is 0.347. The van der Waals surface area contributed by atoms with Crippen molar-refractivity contribution in [1.29, 1.82) is 0 Å². The van der Waals surface area contributed by atoms with E-state index in [-0.39, 0.29) is 23.7 Å². The van der Waals surface area contributed by atoms with Crippen molar-refractivity contribution in [1.82, 2.24) is 4.98 Å². The number of nitrogens with zero attached hydrogens (tertiary/aromatic N) is 1. The van der Waals surface area contributed by atoms with Crippen molar-refractivity contribution in [3.05, 3.63) is 53.2 Å². The van der Waals surface area contributed by atoms with Crippen LogP contribution >= 0.6 is 11.3 Å². The second-order valence-corrected chi connectivity index (χ2v) is 5.77. The third-order valence-corrected chi connectivity index (χ3v) is 4.17. The van der Waals surface area contributed by atoms with Crippen LogP contribution in [0.3, 0.4) is 0 Å². The first-order valence-corrected chi connectivity index (χ1v) is 8.23. The van der Waals surface area contributed by atoms with Gasteiger partial charge >= 0.3 is 12.6 Å². The van der Waals surface area contributed by atoms with Crippen LogP contribution in [0, 0.1) is 0 Å². The van der Waals surface area contributed by atoms with E-state index in [9.17, 15) is 13.6 Å². The van der Waals surface area contributed by atoms with E-state index in [4.69, 9.17) is 13.9 Å². The molecule has 0 aliphatic rings. The van der Waals surface area contributed by atoms with Crippen LogP contribution in [-0.2, 0) is 11.3 Å². The Hall–Kier alpha value is -2.94. The van der Waals surface area contributed by atoms with E-state index in [1.165, 1.54) is 42.9 Å². The minimum atomic E-state index is -3.10. The van der Waals surface area contributed by atoms with E-state index in [2.05, 4.69) is 9.72 Å². The molecular weight excluding hydrogens is 368 g/mol. The number of benzene rings is 1. The number of alkyl halides is 2. The maximum Gasteiger partial charge on any atom is 0.387 e. The lowest BCUT2D eigenvalue weighted by Crippen LogP contribution is -2.11. The number of esters is 1. The number of halogens is 2. The van der Waals surface area contributed by atoms with Crippen molar-refractivity contribution in [2.75, 3.05) is 7.11 Å². The number of hydrogen-bond donors (Lipinski definition) is 0. The first-order chi connectivity index (χ1) is 12.6. The topological polar surface area (TPSA) is 70.8 Å². The van der Waals surface area contributed by atoms with Gasteiger partial charge in [0.1, 0.15) is 12.2 Å². The molecule has 0 fully saturated rings. The molecule has 0 spiro atoms. The quantitative estimate of drug-likeness (QED) is 0.566. The van der Waals surface area contributed by atoms with Crippen molar-refractivity contribution in [3.63, 3.8) is 0 Å². The summed E-state index contributed by atoms with van der Waals surface area (Å²) in [5.74, 6) is -0.585. The van der Waals surface area contributed by atoms with Gasteiger partial charge < -0.3 is 18.6 Å². The Kier molecular flexibility index (Phi) is 5.47. The average Bonchev–Trinajstić information content (AvgIpc) is 3.30. The van der Waals surface area contributed by atoms with Gasteiger partial charge in [0.05, 0.1) is 19.1 Å². The summed E-state index contributed by atoms with van der Waals surface area (Å²) < 4.78 is 45.0. The van der Waals surface area contributed by atoms with Gasteiger partial charge in [-0.15, -0.1) is 11.3 Å². The smallest absolute Gasteiger partial charge is 0.387 e. The highest BCUT2D eigenvalue weighted by atomic mass is 32.1. The van der Waals surface area contributed by atoms with Crippen molar-refractivity contribution in [2.24, 2.45) is 0 Å². The second-order valence-electron chi connectivity index (χ2n) is 4.91. The first-order valence-electron chi connectivity index (χ1n) is 7.35. The number of furan rings is 1. The van der Waals surface area contributed by atoms with Crippen LogP contribution in [0.25, 0.3) is 10.8 Å². The zero-order chi connectivity index (χ0) is 18.5. The number of para-hydroxylation sites is 1. The SMILES string of the molecule is COc1cccc(C(=O)OCc2csc(-c3ccco3)n2)c1OC(F)F. The highest BCUT2D eigenvalue weighted by Crippen LogP contribution is 2.33. The van der Waals surface area contributed by atoms with Gasteiger partial charge in [-0.2, -0.15) is 8.78 Å². The summed E-state index contributed by atoms with van der Waals surface area (Å²) in [4.78, 5) is 16.6. The third-order valence-electron chi connectivity index (χ3n) is 3.26. The van der Waals surface area contributed by atoms with Crippen LogP contribution in [-0.4, -0.2) is 24.7 Å². The van der Waals surface area contributed by atoms with Crippen molar-refractivity contribution in [3.8, 4) is 22.3 Å². The molecule has 0 N–H and O–H groups in total. The normalized spacial score (nSPS) is 10.8. The highest BCUT2D eigenvalue weighted by molar-refractivity contribution is 7.13. The molecule has 0 aliphatic heterocycles. The van der Waals surface area contributed by atoms with Crippen molar-refractivity contribution < 1.29 is 32.2 Å². The van der Waals surface area contributed by atoms with Crippen LogP contribution in [0.1, 0.15) is 16.1 Å². The fourth-order valence-electron chi connectivity index (χ4n) is 2.15. The van der Waals surface area contributed by atoms with E-state index >= 15 is 0 Å². The Bertz CT molecular complexity index is 879. The predicted octanol–water partition coefficient (Wildman–Crippen LogP) is 4.37. The standard InChI is InChI=1S/C17H13F2NO5S/c1-22-12-5-2-4-11(14(12)25-17(18)19)16(21)24-8-10-9-26-15(20-10)13-6-3-7-23-13/h2-7,9,17H,8H2,1H3. The zero-order valence-electron chi connectivity index (χ0n) is 13.5. The molecule has 0 aliphatic carbocycles. The van der Waals surface area contributed by atoms with Crippen LogP contribution in [0.4, 0.5) is 8.78 Å². The van der Waals surface area contributed by atoms with Gasteiger partial charge in [0.25, 0.3) is 0 Å². The molecule has 1 aromatic carbocycles. The summed E-state index contributed by atoms with van der Waals surface area (Å²) >= 11 is 1.33. The average molecular weight is 381 g/mol. The van der Waals surface area contributed by atoms with Crippen molar-refractivity contribution >= 4 is 17.3 Å². The van der Waals surface area contributed by atoms with Gasteiger partial charge in [-0.05, 0) is 24.3 Å². The number of ether oxygens (including phenoxy) is 3. The maximum atomic E-state index is 12.6. The van der Waals surface area contributed by atoms with Gasteiger partial charge in [-0.3, -0.25) is 0 Å². The van der Waals surface area contributed by atoms with Crippen molar-refractivity contribution in [2.45, 2.75) is 13.2 Å². The largest absolute Gasteiger partial charge is 0.493 e. The molecule has 26 heavy (non-hydrogen) atoms. The molecule has 3 rings (SSSR count). The number of carbonyl (C=O) groups excluding carboxylic acids is 1. The van der Waals surface area contributed by atoms with E-state index in [0.29, 0.717) is 16.5 Å². The summed E-state index contributed by atoms with van der Waals surface area (Å²) in [6.07, 6.45) is 1.53. The molecule has 2 heterocycles. The molecule has 0 bridgehead atoms. The number of aromatic nitrogens is 1. The lowest BCUT2D eigenvalue weighted by Gasteiger charge is -2.13. The van der Waals surface area contributed by atoms with Gasteiger partial charge in [0, 0.05) is 5.38 Å². The fraction of sp³-hybridized carbons (Fsp3) is 0.176. The minimum Gasteiger partial charge on any atom is -0.493 e. The number of thiazole rings is 1. The second kappa shape index (κ2) is 7.96. The molecule has 3 aromatic rings. The van der Waals surface area contributed by atoms with Crippen LogP contribution in [0.15, 0.2) is 46.4 Å². The van der Waals surface area contributed by atoms with Crippen LogP contribution in [0.5, 0.6) is 11.5 Å². The van der Waals surface area contributed by atoms with Crippen LogP contribution < -0.4 is 9.47 Å². The molecule has 136 valence electrons. The summed E-state index contributed by atoms with van der Waals surface area (Å²) in [6, 6.07) is 7.71. The van der Waals surface area contributed by atoms with E-state index in [1.807, 2.05) is 0 Å². The van der Waals surface area contributed by atoms with E-state index < -0.39 is 12.6 Å². The Balaban J connectivity index is 1.72. The molecule has 0 saturated heterocycles. The number of carbonyl (C=O) groups is 1. The molecule has 0 saturated carbocycles. The monoisotopic (exact) mass is 381 g/mol. The van der Waals surface area contributed by atoms with Gasteiger partial charge in [-0.25, -0.2) is 9.78 Å². The summed E-state index contributed by atoms with van der Waals surface area (Å²) in [7, 11) is 1.29. The highest BCUT2D eigenvalue weighted by Gasteiger charge is 2.21. The molecule has 0 amide bonds. The van der Waals surface area contributed by atoms with Gasteiger partial charge in [0.15, 0.2) is 22.3 Å². The Morgan fingerprint density at radius 3 is 2.85 bits per heavy atom. The molecular formula is C17H13F2NO5S. The number of hydrogen-bond acceptors (Lipinski definition) is 7. The molecule has 2 aromatic heterocycles. The molecule has 0 unspecified atom stereocenters. The number of methoxy groups -OCH3 is 1. The Morgan fingerprint density at radius 1 is 1.31 bits per heavy atom. The molecule has 9 heteroatoms. The predicted molar refractivity (Wildman–Crippen MR) is 88.6 cm³/mol. The van der Waals surface area contributed by atoms with Gasteiger partial charge in [0.2, 0.25) is 0 Å². The molecule has 0 atom stereocenters. The molecule has 6 nitrogen and oxygen atoms in total. The first kappa shape index (κ1) is 17.9. The maximum absolute atomic E-state index is 12.6. The lowest BCUT2D eigenvalue weighted by molar-refractivity contribution is -0.0518.